The maximum Gasteiger partial charge on any atom is 0.434 e. The van der Waals surface area contributed by atoms with Crippen LogP contribution in [0.25, 0.3) is 5.65 Å². The first-order valence-corrected chi connectivity index (χ1v) is 8.60. The number of hydrogen-bond acceptors (Lipinski definition) is 5. The minimum absolute atomic E-state index is 0.370. The van der Waals surface area contributed by atoms with Gasteiger partial charge < -0.3 is 10.6 Å². The van der Waals surface area contributed by atoms with Crippen molar-refractivity contribution in [2.24, 2.45) is 4.99 Å². The molecule has 2 N–H and O–H groups in total. The zero-order valence-electron chi connectivity index (χ0n) is 13.8. The Kier molecular flexibility index (Phi) is 5.35. The average Bonchev–Trinajstić information content (AvgIpc) is 3.25. The summed E-state index contributed by atoms with van der Waals surface area (Å²) < 4.78 is 39.5. The van der Waals surface area contributed by atoms with Crippen molar-refractivity contribution in [3.05, 3.63) is 46.3 Å². The highest BCUT2D eigenvalue weighted by atomic mass is 32.1. The van der Waals surface area contributed by atoms with Crippen molar-refractivity contribution in [3.8, 4) is 0 Å². The molecule has 0 fully saturated rings. The second-order valence-electron chi connectivity index (χ2n) is 5.27. The predicted molar refractivity (Wildman–Crippen MR) is 92.0 cm³/mol. The van der Waals surface area contributed by atoms with Gasteiger partial charge in [0.25, 0.3) is 0 Å². The molecular weight excluding hydrogens is 367 g/mol. The Morgan fingerprint density at radius 2 is 2.12 bits per heavy atom. The van der Waals surface area contributed by atoms with E-state index in [-0.39, 0.29) is 0 Å². The van der Waals surface area contributed by atoms with E-state index in [0.29, 0.717) is 30.5 Å². The summed E-state index contributed by atoms with van der Waals surface area (Å²) in [6, 6.07) is 5.62. The summed E-state index contributed by atoms with van der Waals surface area (Å²) in [5, 5.41) is 15.8. The number of guanidine groups is 1. The molecule has 0 aromatic carbocycles. The molecule has 7 nitrogen and oxygen atoms in total. The molecule has 26 heavy (non-hydrogen) atoms. The summed E-state index contributed by atoms with van der Waals surface area (Å²) in [6.45, 7) is 0.811. The third-order valence-electron chi connectivity index (χ3n) is 3.50. The summed E-state index contributed by atoms with van der Waals surface area (Å²) in [6.07, 6.45) is -2.17. The first-order chi connectivity index (χ1) is 12.5. The number of alkyl halides is 3. The summed E-state index contributed by atoms with van der Waals surface area (Å²) in [5.41, 5.74) is -0.102. The SMILES string of the molecule is CN=C(NCCc1nc(C(F)(F)F)cs1)NCc1nnc2ccccn12. The van der Waals surface area contributed by atoms with Gasteiger partial charge in [-0.05, 0) is 12.1 Å². The van der Waals surface area contributed by atoms with E-state index in [4.69, 9.17) is 0 Å². The van der Waals surface area contributed by atoms with Crippen molar-refractivity contribution in [1.82, 2.24) is 30.2 Å². The molecule has 11 heteroatoms. The minimum Gasteiger partial charge on any atom is -0.356 e. The van der Waals surface area contributed by atoms with E-state index in [2.05, 4.69) is 30.8 Å². The first-order valence-electron chi connectivity index (χ1n) is 7.72. The quantitative estimate of drug-likeness (QED) is 0.521. The molecule has 0 amide bonds. The van der Waals surface area contributed by atoms with E-state index in [0.717, 1.165) is 28.2 Å². The van der Waals surface area contributed by atoms with Crippen LogP contribution in [0.1, 0.15) is 16.5 Å². The largest absolute Gasteiger partial charge is 0.434 e. The van der Waals surface area contributed by atoms with Crippen LogP contribution in [0.3, 0.4) is 0 Å². The van der Waals surface area contributed by atoms with Crippen LogP contribution in [0.15, 0.2) is 34.8 Å². The molecule has 3 aromatic heterocycles. The van der Waals surface area contributed by atoms with Crippen LogP contribution in [0.4, 0.5) is 13.2 Å². The van der Waals surface area contributed by atoms with Crippen molar-refractivity contribution >= 4 is 22.9 Å². The second-order valence-corrected chi connectivity index (χ2v) is 6.21. The minimum atomic E-state index is -4.40. The lowest BCUT2D eigenvalue weighted by atomic mass is 10.4. The highest BCUT2D eigenvalue weighted by Gasteiger charge is 2.33. The van der Waals surface area contributed by atoms with Crippen molar-refractivity contribution in [2.45, 2.75) is 19.1 Å². The summed E-state index contributed by atoms with van der Waals surface area (Å²) in [4.78, 5) is 7.68. The van der Waals surface area contributed by atoms with Crippen LogP contribution in [0, 0.1) is 0 Å². The third-order valence-corrected chi connectivity index (χ3v) is 4.40. The van der Waals surface area contributed by atoms with Gasteiger partial charge in [0.05, 0.1) is 11.6 Å². The highest BCUT2D eigenvalue weighted by molar-refractivity contribution is 7.09. The summed E-state index contributed by atoms with van der Waals surface area (Å²) in [7, 11) is 1.61. The Morgan fingerprint density at radius 3 is 2.85 bits per heavy atom. The fourth-order valence-corrected chi connectivity index (χ4v) is 3.04. The van der Waals surface area contributed by atoms with Gasteiger partial charge in [-0.2, -0.15) is 13.2 Å². The van der Waals surface area contributed by atoms with Crippen molar-refractivity contribution in [2.75, 3.05) is 13.6 Å². The normalized spacial score (nSPS) is 12.5. The van der Waals surface area contributed by atoms with Crippen LogP contribution in [0.5, 0.6) is 0 Å². The van der Waals surface area contributed by atoms with Gasteiger partial charge in [-0.15, -0.1) is 21.5 Å². The zero-order valence-corrected chi connectivity index (χ0v) is 14.6. The van der Waals surface area contributed by atoms with E-state index in [1.807, 2.05) is 28.8 Å². The van der Waals surface area contributed by atoms with Gasteiger partial charge in [-0.1, -0.05) is 6.07 Å². The van der Waals surface area contributed by atoms with Gasteiger partial charge >= 0.3 is 6.18 Å². The third kappa shape index (κ3) is 4.28. The Balaban J connectivity index is 1.50. The molecule has 0 saturated heterocycles. The summed E-state index contributed by atoms with van der Waals surface area (Å²) in [5.74, 6) is 1.24. The Labute approximate surface area is 151 Å². The number of aromatic nitrogens is 4. The Hall–Kier alpha value is -2.69. The van der Waals surface area contributed by atoms with E-state index in [1.165, 1.54) is 0 Å². The molecule has 3 aromatic rings. The van der Waals surface area contributed by atoms with Crippen molar-refractivity contribution < 1.29 is 13.2 Å². The van der Waals surface area contributed by atoms with Crippen molar-refractivity contribution in [3.63, 3.8) is 0 Å². The predicted octanol–water partition coefficient (Wildman–Crippen LogP) is 2.11. The lowest BCUT2D eigenvalue weighted by Crippen LogP contribution is -2.38. The smallest absolute Gasteiger partial charge is 0.356 e. The molecule has 0 aliphatic heterocycles. The summed E-state index contributed by atoms with van der Waals surface area (Å²) >= 11 is 0.995. The van der Waals surface area contributed by atoms with E-state index >= 15 is 0 Å². The maximum absolute atomic E-state index is 12.5. The van der Waals surface area contributed by atoms with Gasteiger partial charge in [0.1, 0.15) is 0 Å². The van der Waals surface area contributed by atoms with Crippen LogP contribution in [0.2, 0.25) is 0 Å². The van der Waals surface area contributed by atoms with E-state index in [9.17, 15) is 13.2 Å². The molecule has 0 radical (unpaired) electrons. The van der Waals surface area contributed by atoms with Gasteiger partial charge in [0, 0.05) is 31.6 Å². The average molecular weight is 383 g/mol. The molecule has 3 rings (SSSR count). The number of aliphatic imine (C=N–C) groups is 1. The molecule has 0 bridgehead atoms. The molecule has 3 heterocycles. The second kappa shape index (κ2) is 7.68. The van der Waals surface area contributed by atoms with Gasteiger partial charge in [0.2, 0.25) is 0 Å². The maximum atomic E-state index is 12.5. The van der Waals surface area contributed by atoms with Crippen LogP contribution in [-0.2, 0) is 19.1 Å². The number of pyridine rings is 1. The molecule has 0 unspecified atom stereocenters. The molecule has 0 aliphatic rings. The van der Waals surface area contributed by atoms with Crippen LogP contribution < -0.4 is 10.6 Å². The van der Waals surface area contributed by atoms with Gasteiger partial charge in [0.15, 0.2) is 23.1 Å². The number of hydrogen-bond donors (Lipinski definition) is 2. The molecule has 0 spiro atoms. The molecule has 0 saturated carbocycles. The lowest BCUT2D eigenvalue weighted by molar-refractivity contribution is -0.140. The lowest BCUT2D eigenvalue weighted by Gasteiger charge is -2.10. The highest BCUT2D eigenvalue weighted by Crippen LogP contribution is 2.29. The van der Waals surface area contributed by atoms with Crippen LogP contribution >= 0.6 is 11.3 Å². The standard InChI is InChI=1S/C15H16F3N7S/c1-19-14(20-6-5-13-22-10(9-26-13)15(16,17)18)21-8-12-24-23-11-4-2-3-7-25(11)12/h2-4,7,9H,5-6,8H2,1H3,(H2,19,20,21). The van der Waals surface area contributed by atoms with Crippen LogP contribution in [-0.4, -0.2) is 39.1 Å². The Bertz CT molecular complexity index is 900. The Morgan fingerprint density at radius 1 is 1.27 bits per heavy atom. The van der Waals surface area contributed by atoms with Gasteiger partial charge in [-0.25, -0.2) is 4.98 Å². The van der Waals surface area contributed by atoms with E-state index < -0.39 is 11.9 Å². The number of nitrogens with zero attached hydrogens (tertiary/aromatic N) is 5. The van der Waals surface area contributed by atoms with Gasteiger partial charge in [-0.3, -0.25) is 9.39 Å². The monoisotopic (exact) mass is 383 g/mol. The molecule has 0 aliphatic carbocycles. The number of nitrogens with one attached hydrogen (secondary N) is 2. The van der Waals surface area contributed by atoms with Crippen molar-refractivity contribution in [1.29, 1.82) is 0 Å². The first kappa shape index (κ1) is 18.1. The van der Waals surface area contributed by atoms with E-state index in [1.54, 1.807) is 7.05 Å². The molecule has 138 valence electrons. The number of halogens is 3. The molecule has 0 atom stereocenters. The number of rotatable bonds is 5. The number of thiazole rings is 1. The zero-order chi connectivity index (χ0) is 18.6. The number of fused-ring (bicyclic) bond motifs is 1. The fourth-order valence-electron chi connectivity index (χ4n) is 2.24. The molecular formula is C15H16F3N7S. The fraction of sp³-hybridized carbons (Fsp3) is 0.333. The topological polar surface area (TPSA) is 79.5 Å².